The van der Waals surface area contributed by atoms with Crippen molar-refractivity contribution >= 4 is 49.7 Å². The van der Waals surface area contributed by atoms with Gasteiger partial charge in [-0.3, -0.25) is 4.79 Å². The number of carbonyl (C=O) groups excluding carboxylic acids is 1. The summed E-state index contributed by atoms with van der Waals surface area (Å²) in [6.07, 6.45) is 0. The van der Waals surface area contributed by atoms with Gasteiger partial charge in [-0.2, -0.15) is 0 Å². The van der Waals surface area contributed by atoms with E-state index in [4.69, 9.17) is 28.9 Å². The number of halogens is 2. The maximum atomic E-state index is 12.9. The molecule has 4 nitrogen and oxygen atoms in total. The van der Waals surface area contributed by atoms with Crippen LogP contribution >= 0.6 is 23.2 Å². The highest BCUT2D eigenvalue weighted by Gasteiger charge is 2.25. The third-order valence-electron chi connectivity index (χ3n) is 3.58. The van der Waals surface area contributed by atoms with Crippen LogP contribution in [0.5, 0.6) is 0 Å². The zero-order chi connectivity index (χ0) is 17.5. The lowest BCUT2D eigenvalue weighted by atomic mass is 10.1. The van der Waals surface area contributed by atoms with Crippen molar-refractivity contribution < 1.29 is 13.2 Å². The van der Waals surface area contributed by atoms with Gasteiger partial charge >= 0.3 is 0 Å². The molecule has 3 aromatic carbocycles. The topological polar surface area (TPSA) is 77.2 Å². The van der Waals surface area contributed by atoms with Crippen LogP contribution in [-0.2, 0) is 9.84 Å². The number of rotatable bonds is 3. The van der Waals surface area contributed by atoms with Gasteiger partial charge in [0, 0.05) is 5.56 Å². The summed E-state index contributed by atoms with van der Waals surface area (Å²) in [5, 5.41) is 1.39. The molecule has 0 unspecified atom stereocenters. The van der Waals surface area contributed by atoms with Gasteiger partial charge in [-0.25, -0.2) is 8.42 Å². The van der Waals surface area contributed by atoms with Crippen LogP contribution in [-0.4, -0.2) is 14.3 Å². The van der Waals surface area contributed by atoms with Crippen molar-refractivity contribution in [2.75, 3.05) is 0 Å². The van der Waals surface area contributed by atoms with Crippen LogP contribution in [0.2, 0.25) is 10.0 Å². The molecule has 0 saturated heterocycles. The second kappa shape index (κ2) is 6.09. The third kappa shape index (κ3) is 2.86. The second-order valence-corrected chi connectivity index (χ2v) is 7.85. The van der Waals surface area contributed by atoms with Crippen molar-refractivity contribution in [2.45, 2.75) is 9.79 Å². The average Bonchev–Trinajstić information content (AvgIpc) is 2.53. The lowest BCUT2D eigenvalue weighted by Gasteiger charge is -2.11. The predicted molar refractivity (Wildman–Crippen MR) is 94.4 cm³/mol. The molecule has 0 radical (unpaired) electrons. The zero-order valence-corrected chi connectivity index (χ0v) is 14.5. The van der Waals surface area contributed by atoms with Crippen molar-refractivity contribution in [1.29, 1.82) is 0 Å². The molecule has 2 N–H and O–H groups in total. The van der Waals surface area contributed by atoms with Gasteiger partial charge in [-0.1, -0.05) is 53.5 Å². The number of hydrogen-bond donors (Lipinski definition) is 1. The SMILES string of the molecule is NC(=O)c1cc(Cl)c(S(=O)(=O)c2ccc3ccccc3c2)c(Cl)c1. The van der Waals surface area contributed by atoms with Crippen LogP contribution in [0.15, 0.2) is 64.4 Å². The van der Waals surface area contributed by atoms with Crippen molar-refractivity contribution in [1.82, 2.24) is 0 Å². The normalized spacial score (nSPS) is 11.6. The number of benzene rings is 3. The largest absolute Gasteiger partial charge is 0.366 e. The number of nitrogens with two attached hydrogens (primary N) is 1. The van der Waals surface area contributed by atoms with E-state index in [1.807, 2.05) is 24.3 Å². The molecule has 0 heterocycles. The van der Waals surface area contributed by atoms with E-state index in [0.29, 0.717) is 0 Å². The fourth-order valence-electron chi connectivity index (χ4n) is 2.41. The lowest BCUT2D eigenvalue weighted by Crippen LogP contribution is -2.12. The molecule has 0 spiro atoms. The van der Waals surface area contributed by atoms with Gasteiger partial charge in [0.15, 0.2) is 0 Å². The highest BCUT2D eigenvalue weighted by molar-refractivity contribution is 7.91. The summed E-state index contributed by atoms with van der Waals surface area (Å²) in [4.78, 5) is 11.1. The number of amides is 1. The molecule has 24 heavy (non-hydrogen) atoms. The first-order valence-electron chi connectivity index (χ1n) is 6.83. The molecule has 0 aliphatic carbocycles. The van der Waals surface area contributed by atoms with Gasteiger partial charge in [-0.15, -0.1) is 0 Å². The van der Waals surface area contributed by atoms with E-state index >= 15 is 0 Å². The van der Waals surface area contributed by atoms with Crippen molar-refractivity contribution in [2.24, 2.45) is 5.73 Å². The molecule has 122 valence electrons. The van der Waals surface area contributed by atoms with Crippen LogP contribution in [0.3, 0.4) is 0 Å². The highest BCUT2D eigenvalue weighted by atomic mass is 35.5. The number of sulfone groups is 1. The molecule has 3 aromatic rings. The number of hydrogen-bond acceptors (Lipinski definition) is 3. The average molecular weight is 380 g/mol. The highest BCUT2D eigenvalue weighted by Crippen LogP contribution is 2.35. The molecule has 0 aliphatic rings. The van der Waals surface area contributed by atoms with Gasteiger partial charge in [0.25, 0.3) is 0 Å². The molecule has 0 fully saturated rings. The monoisotopic (exact) mass is 379 g/mol. The minimum absolute atomic E-state index is 0.0439. The van der Waals surface area contributed by atoms with Crippen LogP contribution in [0.1, 0.15) is 10.4 Å². The Morgan fingerprint density at radius 1 is 0.875 bits per heavy atom. The van der Waals surface area contributed by atoms with Crippen molar-refractivity contribution in [3.63, 3.8) is 0 Å². The van der Waals surface area contributed by atoms with E-state index < -0.39 is 15.7 Å². The van der Waals surface area contributed by atoms with E-state index in [9.17, 15) is 13.2 Å². The summed E-state index contributed by atoms with van der Waals surface area (Å²) >= 11 is 12.1. The van der Waals surface area contributed by atoms with Gasteiger partial charge < -0.3 is 5.73 Å². The molecular formula is C17H11Cl2NO3S. The summed E-state index contributed by atoms with van der Waals surface area (Å²) in [6.45, 7) is 0. The summed E-state index contributed by atoms with van der Waals surface area (Å²) in [5.74, 6) is -0.742. The standard InChI is InChI=1S/C17H11Cl2NO3S/c18-14-8-12(17(20)21)9-15(19)16(14)24(22,23)13-6-5-10-3-1-2-4-11(10)7-13/h1-9H,(H2,20,21). The Labute approximate surface area is 148 Å². The van der Waals surface area contributed by atoms with Gasteiger partial charge in [0.2, 0.25) is 15.7 Å². The minimum atomic E-state index is -3.95. The molecule has 0 aliphatic heterocycles. The summed E-state index contributed by atoms with van der Waals surface area (Å²) < 4.78 is 25.8. The Kier molecular flexibility index (Phi) is 4.25. The second-order valence-electron chi connectivity index (χ2n) is 5.15. The van der Waals surface area contributed by atoms with E-state index in [1.165, 1.54) is 18.2 Å². The van der Waals surface area contributed by atoms with E-state index in [1.54, 1.807) is 12.1 Å². The van der Waals surface area contributed by atoms with E-state index in [-0.39, 0.29) is 25.4 Å². The molecule has 0 aromatic heterocycles. The van der Waals surface area contributed by atoms with Crippen LogP contribution in [0, 0.1) is 0 Å². The Hall–Kier alpha value is -2.08. The fraction of sp³-hybridized carbons (Fsp3) is 0. The summed E-state index contributed by atoms with van der Waals surface area (Å²) in [5.41, 5.74) is 5.22. The first-order valence-corrected chi connectivity index (χ1v) is 9.07. The third-order valence-corrected chi connectivity index (χ3v) is 6.25. The molecular weight excluding hydrogens is 369 g/mol. The van der Waals surface area contributed by atoms with Gasteiger partial charge in [-0.05, 0) is 35.0 Å². The van der Waals surface area contributed by atoms with Crippen LogP contribution < -0.4 is 5.73 Å². The van der Waals surface area contributed by atoms with Crippen molar-refractivity contribution in [3.05, 3.63) is 70.2 Å². The Morgan fingerprint density at radius 3 is 2.04 bits per heavy atom. The van der Waals surface area contributed by atoms with E-state index in [0.717, 1.165) is 10.8 Å². The summed E-state index contributed by atoms with van der Waals surface area (Å²) in [6, 6.07) is 14.5. The number of primary amides is 1. The fourth-order valence-corrected chi connectivity index (χ4v) is 4.90. The maximum Gasteiger partial charge on any atom is 0.248 e. The quantitative estimate of drug-likeness (QED) is 0.744. The Morgan fingerprint density at radius 2 is 1.46 bits per heavy atom. The summed E-state index contributed by atoms with van der Waals surface area (Å²) in [7, 11) is -3.95. The van der Waals surface area contributed by atoms with Crippen LogP contribution in [0.25, 0.3) is 10.8 Å². The lowest BCUT2D eigenvalue weighted by molar-refractivity contribution is 0.1000. The predicted octanol–water partition coefficient (Wildman–Crippen LogP) is 4.08. The Bertz CT molecular complexity index is 1060. The first-order chi connectivity index (χ1) is 11.3. The molecule has 0 atom stereocenters. The van der Waals surface area contributed by atoms with Gasteiger partial charge in [0.05, 0.1) is 14.9 Å². The molecule has 7 heteroatoms. The van der Waals surface area contributed by atoms with E-state index in [2.05, 4.69) is 0 Å². The molecule has 3 rings (SSSR count). The smallest absolute Gasteiger partial charge is 0.248 e. The number of fused-ring (bicyclic) bond motifs is 1. The Balaban J connectivity index is 2.21. The molecule has 1 amide bonds. The molecule has 0 saturated carbocycles. The first kappa shape index (κ1) is 16.8. The van der Waals surface area contributed by atoms with Gasteiger partial charge in [0.1, 0.15) is 4.90 Å². The number of carbonyl (C=O) groups is 1. The zero-order valence-electron chi connectivity index (χ0n) is 12.2. The van der Waals surface area contributed by atoms with Crippen LogP contribution in [0.4, 0.5) is 0 Å². The maximum absolute atomic E-state index is 12.9. The molecule has 0 bridgehead atoms. The minimum Gasteiger partial charge on any atom is -0.366 e. The van der Waals surface area contributed by atoms with Crippen molar-refractivity contribution in [3.8, 4) is 0 Å².